The Morgan fingerprint density at radius 1 is 0.950 bits per heavy atom. The molecule has 0 N–H and O–H groups in total. The molecule has 0 bridgehead atoms. The van der Waals surface area contributed by atoms with Crippen LogP contribution in [0.4, 0.5) is 4.39 Å². The van der Waals surface area contributed by atoms with Gasteiger partial charge in [0.2, 0.25) is 0 Å². The smallest absolute Gasteiger partial charge is 0.118 e. The lowest BCUT2D eigenvalue weighted by molar-refractivity contribution is 0.306. The summed E-state index contributed by atoms with van der Waals surface area (Å²) >= 11 is 0. The molecule has 1 nitrogen and oxygen atoms in total. The number of alkyl halides is 1. The van der Waals surface area contributed by atoms with E-state index >= 15 is 0 Å². The van der Waals surface area contributed by atoms with Crippen LogP contribution in [0.5, 0.6) is 5.75 Å². The topological polar surface area (TPSA) is 9.23 Å². The quantitative estimate of drug-likeness (QED) is 0.716. The molecule has 0 aromatic heterocycles. The van der Waals surface area contributed by atoms with Crippen LogP contribution < -0.4 is 4.74 Å². The van der Waals surface area contributed by atoms with E-state index in [1.54, 1.807) is 7.11 Å². The Hall–Kier alpha value is -1.83. The Morgan fingerprint density at radius 2 is 1.65 bits per heavy atom. The molecule has 2 aromatic carbocycles. The van der Waals surface area contributed by atoms with Gasteiger partial charge >= 0.3 is 0 Å². The maximum atomic E-state index is 13.9. The van der Waals surface area contributed by atoms with Gasteiger partial charge in [0.05, 0.1) is 7.11 Å². The Bertz CT molecular complexity index is 493. The third-order valence-corrected chi connectivity index (χ3v) is 3.44. The average molecular weight is 272 g/mol. The second-order valence-corrected chi connectivity index (χ2v) is 5.03. The van der Waals surface area contributed by atoms with Gasteiger partial charge in [-0.2, -0.15) is 0 Å². The van der Waals surface area contributed by atoms with Crippen molar-refractivity contribution >= 4 is 0 Å². The van der Waals surface area contributed by atoms with Crippen LogP contribution in [0.25, 0.3) is 0 Å². The van der Waals surface area contributed by atoms with E-state index in [0.717, 1.165) is 24.2 Å². The van der Waals surface area contributed by atoms with Gasteiger partial charge in [-0.05, 0) is 42.5 Å². The van der Waals surface area contributed by atoms with Gasteiger partial charge in [-0.3, -0.25) is 0 Å². The molecule has 0 amide bonds. The minimum atomic E-state index is -0.771. The first-order valence-electron chi connectivity index (χ1n) is 7.09. The highest BCUT2D eigenvalue weighted by molar-refractivity contribution is 5.27. The van der Waals surface area contributed by atoms with Crippen LogP contribution in [0, 0.1) is 0 Å². The van der Waals surface area contributed by atoms with Crippen LogP contribution in [0.3, 0.4) is 0 Å². The van der Waals surface area contributed by atoms with Gasteiger partial charge in [0.15, 0.2) is 0 Å². The van der Waals surface area contributed by atoms with E-state index in [-0.39, 0.29) is 0 Å². The van der Waals surface area contributed by atoms with Crippen molar-refractivity contribution in [3.05, 3.63) is 65.7 Å². The van der Waals surface area contributed by atoms with Crippen molar-refractivity contribution < 1.29 is 9.13 Å². The Kier molecular flexibility index (Phi) is 5.60. The lowest BCUT2D eigenvalue weighted by Gasteiger charge is -2.09. The summed E-state index contributed by atoms with van der Waals surface area (Å²) < 4.78 is 19.0. The molecule has 0 saturated carbocycles. The molecular weight excluding hydrogens is 251 g/mol. The molecule has 0 aliphatic heterocycles. The van der Waals surface area contributed by atoms with Gasteiger partial charge in [0.25, 0.3) is 0 Å². The maximum absolute atomic E-state index is 13.9. The predicted octanol–water partition coefficient (Wildman–Crippen LogP) is 4.60. The van der Waals surface area contributed by atoms with Gasteiger partial charge in [-0.15, -0.1) is 0 Å². The molecule has 2 aromatic rings. The summed E-state index contributed by atoms with van der Waals surface area (Å²) in [6.07, 6.45) is 2.16. The second kappa shape index (κ2) is 7.68. The first-order valence-corrected chi connectivity index (χ1v) is 7.09. The molecule has 0 aliphatic carbocycles. The minimum Gasteiger partial charge on any atom is -0.497 e. The van der Waals surface area contributed by atoms with E-state index in [9.17, 15) is 4.39 Å². The number of hydrogen-bond acceptors (Lipinski definition) is 1. The van der Waals surface area contributed by atoms with Crippen LogP contribution in [-0.4, -0.2) is 13.3 Å². The molecule has 1 atom stereocenters. The van der Waals surface area contributed by atoms with Crippen LogP contribution >= 0.6 is 0 Å². The molecule has 2 heteroatoms. The van der Waals surface area contributed by atoms with E-state index < -0.39 is 6.17 Å². The normalized spacial score (nSPS) is 12.1. The number of halogens is 1. The monoisotopic (exact) mass is 272 g/mol. The van der Waals surface area contributed by atoms with Crippen molar-refractivity contribution in [1.29, 1.82) is 0 Å². The van der Waals surface area contributed by atoms with E-state index in [1.165, 1.54) is 5.56 Å². The fourth-order valence-electron chi connectivity index (χ4n) is 2.29. The third-order valence-electron chi connectivity index (χ3n) is 3.44. The highest BCUT2D eigenvalue weighted by Gasteiger charge is 2.08. The maximum Gasteiger partial charge on any atom is 0.118 e. The van der Waals surface area contributed by atoms with Crippen molar-refractivity contribution in [2.24, 2.45) is 0 Å². The number of methoxy groups -OCH3 is 1. The van der Waals surface area contributed by atoms with Gasteiger partial charge < -0.3 is 4.74 Å². The lowest BCUT2D eigenvalue weighted by atomic mass is 10.0. The number of aryl methyl sites for hydroxylation is 1. The summed E-state index contributed by atoms with van der Waals surface area (Å²) in [4.78, 5) is 0. The standard InChI is InChI=1S/C18H21FO/c1-20-18-12-10-16(11-13-18)14-17(19)9-5-8-15-6-3-2-4-7-15/h2-4,6-7,10-13,17H,5,8-9,14H2,1H3/t17-/m0/s1. The molecule has 0 unspecified atom stereocenters. The molecule has 2 rings (SSSR count). The van der Waals surface area contributed by atoms with Crippen molar-refractivity contribution in [2.45, 2.75) is 31.9 Å². The zero-order valence-electron chi connectivity index (χ0n) is 11.9. The van der Waals surface area contributed by atoms with Crippen molar-refractivity contribution in [2.75, 3.05) is 7.11 Å². The summed E-state index contributed by atoms with van der Waals surface area (Å²) in [5, 5.41) is 0. The molecule has 0 saturated heterocycles. The van der Waals surface area contributed by atoms with E-state index in [0.29, 0.717) is 12.8 Å². The molecule has 0 radical (unpaired) electrons. The van der Waals surface area contributed by atoms with Crippen LogP contribution in [-0.2, 0) is 12.8 Å². The molecule has 0 spiro atoms. The average Bonchev–Trinajstić information content (AvgIpc) is 2.49. The van der Waals surface area contributed by atoms with Crippen LogP contribution in [0.2, 0.25) is 0 Å². The molecular formula is C18H21FO. The highest BCUT2D eigenvalue weighted by Crippen LogP contribution is 2.16. The van der Waals surface area contributed by atoms with Gasteiger partial charge in [-0.25, -0.2) is 4.39 Å². The minimum absolute atomic E-state index is 0.485. The lowest BCUT2D eigenvalue weighted by Crippen LogP contribution is -2.05. The van der Waals surface area contributed by atoms with Crippen molar-refractivity contribution in [1.82, 2.24) is 0 Å². The highest BCUT2D eigenvalue weighted by atomic mass is 19.1. The molecule has 106 valence electrons. The summed E-state index contributed by atoms with van der Waals surface area (Å²) in [6, 6.07) is 17.9. The van der Waals surface area contributed by atoms with E-state index in [1.807, 2.05) is 42.5 Å². The number of hydrogen-bond donors (Lipinski definition) is 0. The molecule has 20 heavy (non-hydrogen) atoms. The molecule has 0 aliphatic rings. The number of rotatable bonds is 7. The molecule has 0 heterocycles. The summed E-state index contributed by atoms with van der Waals surface area (Å²) in [7, 11) is 1.64. The van der Waals surface area contributed by atoms with Crippen molar-refractivity contribution in [3.8, 4) is 5.75 Å². The zero-order valence-corrected chi connectivity index (χ0v) is 11.9. The Balaban J connectivity index is 1.73. The SMILES string of the molecule is COc1ccc(C[C@@H](F)CCCc2ccccc2)cc1. The Labute approximate surface area is 120 Å². The first kappa shape index (κ1) is 14.6. The van der Waals surface area contributed by atoms with Gasteiger partial charge in [0.1, 0.15) is 11.9 Å². The second-order valence-electron chi connectivity index (χ2n) is 5.03. The predicted molar refractivity (Wildman–Crippen MR) is 81.0 cm³/mol. The molecule has 0 fully saturated rings. The Morgan fingerprint density at radius 3 is 2.30 bits per heavy atom. The van der Waals surface area contributed by atoms with Crippen LogP contribution in [0.1, 0.15) is 24.0 Å². The van der Waals surface area contributed by atoms with Crippen LogP contribution in [0.15, 0.2) is 54.6 Å². The summed E-state index contributed by atoms with van der Waals surface area (Å²) in [5.41, 5.74) is 2.31. The van der Waals surface area contributed by atoms with E-state index in [4.69, 9.17) is 4.74 Å². The number of ether oxygens (including phenoxy) is 1. The summed E-state index contributed by atoms with van der Waals surface area (Å²) in [6.45, 7) is 0. The van der Waals surface area contributed by atoms with Crippen molar-refractivity contribution in [3.63, 3.8) is 0 Å². The van der Waals surface area contributed by atoms with Gasteiger partial charge in [-0.1, -0.05) is 42.5 Å². The van der Waals surface area contributed by atoms with Gasteiger partial charge in [0, 0.05) is 6.42 Å². The summed E-state index contributed by atoms with van der Waals surface area (Å²) in [5.74, 6) is 0.813. The fraction of sp³-hybridized carbons (Fsp3) is 0.333. The zero-order chi connectivity index (χ0) is 14.2. The largest absolute Gasteiger partial charge is 0.497 e. The fourth-order valence-corrected chi connectivity index (χ4v) is 2.29. The number of benzene rings is 2. The first-order chi connectivity index (χ1) is 9.78. The third kappa shape index (κ3) is 4.69. The van der Waals surface area contributed by atoms with E-state index in [2.05, 4.69) is 12.1 Å².